The van der Waals surface area contributed by atoms with Crippen molar-refractivity contribution in [2.45, 2.75) is 58.9 Å². The summed E-state index contributed by atoms with van der Waals surface area (Å²) in [6.45, 7) is 11.5. The first-order valence-electron chi connectivity index (χ1n) is 10.1. The molecule has 2 heterocycles. The summed E-state index contributed by atoms with van der Waals surface area (Å²) in [5, 5.41) is 0. The predicted octanol–water partition coefficient (Wildman–Crippen LogP) is 5.75. The van der Waals surface area contributed by atoms with Crippen LogP contribution in [0.4, 0.5) is 11.4 Å². The second-order valence-electron chi connectivity index (χ2n) is 8.67. The lowest BCUT2D eigenvalue weighted by molar-refractivity contribution is -0.469. The van der Waals surface area contributed by atoms with Gasteiger partial charge in [0.2, 0.25) is 5.69 Å². The minimum Gasteiger partial charge on any atom is -0.347 e. The molecule has 27 heavy (non-hydrogen) atoms. The topological polar surface area (TPSA) is 6.25 Å². The minimum absolute atomic E-state index is 0.0115. The van der Waals surface area contributed by atoms with Crippen LogP contribution in [0.1, 0.15) is 50.8 Å². The number of hydrogen-bond donors (Lipinski definition) is 0. The lowest BCUT2D eigenvalue weighted by Gasteiger charge is -2.25. The van der Waals surface area contributed by atoms with Gasteiger partial charge in [-0.15, -0.1) is 0 Å². The smallest absolute Gasteiger partial charge is 0.208 e. The van der Waals surface area contributed by atoms with Crippen LogP contribution in [0.3, 0.4) is 0 Å². The van der Waals surface area contributed by atoms with E-state index >= 15 is 0 Å². The van der Waals surface area contributed by atoms with E-state index in [1.807, 2.05) is 0 Å². The zero-order valence-corrected chi connectivity index (χ0v) is 17.5. The summed E-state index contributed by atoms with van der Waals surface area (Å²) in [5.74, 6) is 0. The largest absolute Gasteiger partial charge is 0.347 e. The van der Waals surface area contributed by atoms with Gasteiger partial charge in [-0.2, -0.15) is 4.58 Å². The quantitative estimate of drug-likeness (QED) is 0.619. The number of benzene rings is 2. The van der Waals surface area contributed by atoms with Crippen LogP contribution >= 0.6 is 0 Å². The van der Waals surface area contributed by atoms with Gasteiger partial charge >= 0.3 is 0 Å². The maximum Gasteiger partial charge on any atom is 0.208 e. The van der Waals surface area contributed by atoms with Gasteiger partial charge in [-0.3, -0.25) is 0 Å². The third-order valence-corrected chi connectivity index (χ3v) is 6.41. The van der Waals surface area contributed by atoms with Crippen LogP contribution in [-0.2, 0) is 11.8 Å². The summed E-state index contributed by atoms with van der Waals surface area (Å²) in [4.78, 5) is 2.39. The van der Waals surface area contributed by atoms with Crippen molar-refractivity contribution in [2.75, 3.05) is 11.9 Å². The van der Waals surface area contributed by atoms with Crippen molar-refractivity contribution in [2.24, 2.45) is 0 Å². The van der Waals surface area contributed by atoms with Crippen molar-refractivity contribution in [3.05, 3.63) is 70.4 Å². The van der Waals surface area contributed by atoms with Gasteiger partial charge < -0.3 is 4.90 Å². The fraction of sp³-hybridized carbons (Fsp3) is 0.400. The summed E-state index contributed by atoms with van der Waals surface area (Å²) >= 11 is 0. The van der Waals surface area contributed by atoms with E-state index in [-0.39, 0.29) is 5.41 Å². The number of fused-ring (bicyclic) bond motifs is 2. The Labute approximate surface area is 163 Å². The summed E-state index contributed by atoms with van der Waals surface area (Å²) in [5.41, 5.74) is 9.71. The number of likely N-dealkylation sites (N-methyl/N-ethyl adjacent to an activating group) is 1. The number of rotatable bonds is 2. The van der Waals surface area contributed by atoms with Crippen molar-refractivity contribution in [1.29, 1.82) is 0 Å². The molecule has 0 saturated carbocycles. The Bertz CT molecular complexity index is 962. The molecule has 2 aliphatic rings. The normalized spacial score (nSPS) is 23.6. The average Bonchev–Trinajstić information content (AvgIpc) is 3.08. The van der Waals surface area contributed by atoms with Gasteiger partial charge in [-0.05, 0) is 25.5 Å². The molecule has 2 nitrogen and oxygen atoms in total. The molecule has 2 aromatic carbocycles. The number of aryl methyl sites for hydroxylation is 1. The van der Waals surface area contributed by atoms with E-state index in [1.54, 1.807) is 0 Å². The molecule has 0 radical (unpaired) electrons. The van der Waals surface area contributed by atoms with Crippen LogP contribution in [0.25, 0.3) is 0 Å². The molecule has 0 spiro atoms. The fourth-order valence-electron chi connectivity index (χ4n) is 5.14. The van der Waals surface area contributed by atoms with Gasteiger partial charge in [0.05, 0.1) is 0 Å². The van der Waals surface area contributed by atoms with Crippen molar-refractivity contribution < 1.29 is 4.58 Å². The highest BCUT2D eigenvalue weighted by Crippen LogP contribution is 2.48. The van der Waals surface area contributed by atoms with E-state index in [2.05, 4.69) is 99.8 Å². The van der Waals surface area contributed by atoms with Gasteiger partial charge in [-0.1, -0.05) is 56.7 Å². The van der Waals surface area contributed by atoms with Crippen molar-refractivity contribution >= 4 is 17.6 Å². The zero-order chi connectivity index (χ0) is 19.3. The van der Waals surface area contributed by atoms with Crippen LogP contribution in [0.15, 0.2) is 53.7 Å². The predicted molar refractivity (Wildman–Crippen MR) is 116 cm³/mol. The Morgan fingerprint density at radius 2 is 1.96 bits per heavy atom. The number of hydrogen-bond acceptors (Lipinski definition) is 1. The molecule has 4 rings (SSSR count). The summed E-state index contributed by atoms with van der Waals surface area (Å²) in [6.07, 6.45) is 4.70. The second kappa shape index (κ2) is 6.37. The Morgan fingerprint density at radius 1 is 1.22 bits per heavy atom. The van der Waals surface area contributed by atoms with Crippen molar-refractivity contribution in [3.63, 3.8) is 0 Å². The first-order chi connectivity index (χ1) is 12.8. The maximum absolute atomic E-state index is 2.51. The first kappa shape index (κ1) is 18.0. The molecule has 0 bridgehead atoms. The number of para-hydroxylation sites is 1. The lowest BCUT2D eigenvalue weighted by Crippen LogP contribution is -2.26. The maximum atomic E-state index is 2.51. The van der Waals surface area contributed by atoms with Gasteiger partial charge in [-0.25, -0.2) is 0 Å². The Hall–Kier alpha value is -2.35. The molecule has 2 heteroatoms. The molecular formula is C25H31N2+. The van der Waals surface area contributed by atoms with E-state index in [1.165, 1.54) is 39.3 Å². The standard InChI is InChI=1S/C25H31N2/c1-7-20-15-19-10-8-9-11-22(19)27(20)16-18(3)24-25(4,5)21-14-17(2)12-13-23(21)26(24)6/h8-14,16,20H,7,15H2,1-6H3/q+1. The lowest BCUT2D eigenvalue weighted by atomic mass is 9.82. The highest BCUT2D eigenvalue weighted by molar-refractivity contribution is 5.82. The highest BCUT2D eigenvalue weighted by Gasteiger charge is 2.40. The van der Waals surface area contributed by atoms with Gasteiger partial charge in [0.15, 0.2) is 12.3 Å². The molecule has 2 aliphatic heterocycles. The molecular weight excluding hydrogens is 328 g/mol. The number of anilines is 1. The van der Waals surface area contributed by atoms with Gasteiger partial charge in [0, 0.05) is 53.9 Å². The van der Waals surface area contributed by atoms with Crippen LogP contribution in [-0.4, -0.2) is 23.9 Å². The van der Waals surface area contributed by atoms with Gasteiger partial charge in [0.25, 0.3) is 0 Å². The SMILES string of the molecule is CCC1Cc2ccccc2[N+]1=CC(C)=C1N(C)c2ccc(C)cc2C1(C)C. The molecule has 0 aromatic heterocycles. The third-order valence-electron chi connectivity index (χ3n) is 6.41. The summed E-state index contributed by atoms with van der Waals surface area (Å²) in [7, 11) is 2.21. The van der Waals surface area contributed by atoms with Crippen molar-refractivity contribution in [1.82, 2.24) is 0 Å². The summed E-state index contributed by atoms with van der Waals surface area (Å²) in [6, 6.07) is 16.3. The average molecular weight is 360 g/mol. The molecule has 2 aromatic rings. The number of nitrogens with zero attached hydrogens (tertiary/aromatic N) is 2. The molecule has 1 atom stereocenters. The fourth-order valence-corrected chi connectivity index (χ4v) is 5.14. The second-order valence-corrected chi connectivity index (χ2v) is 8.67. The van der Waals surface area contributed by atoms with E-state index in [4.69, 9.17) is 0 Å². The van der Waals surface area contributed by atoms with Crippen molar-refractivity contribution in [3.8, 4) is 0 Å². The van der Waals surface area contributed by atoms with Crippen LogP contribution in [0.2, 0.25) is 0 Å². The first-order valence-corrected chi connectivity index (χ1v) is 10.1. The molecule has 0 amide bonds. The Kier molecular flexibility index (Phi) is 4.25. The minimum atomic E-state index is 0.0115. The number of allylic oxidation sites excluding steroid dienone is 2. The summed E-state index contributed by atoms with van der Waals surface area (Å²) < 4.78 is 2.51. The van der Waals surface area contributed by atoms with Crippen LogP contribution in [0, 0.1) is 6.92 Å². The van der Waals surface area contributed by atoms with Gasteiger partial charge in [0.1, 0.15) is 0 Å². The van der Waals surface area contributed by atoms with Crippen LogP contribution < -0.4 is 4.90 Å². The Morgan fingerprint density at radius 3 is 2.70 bits per heavy atom. The zero-order valence-electron chi connectivity index (χ0n) is 17.5. The molecule has 140 valence electrons. The molecule has 0 fully saturated rings. The molecule has 0 N–H and O–H groups in total. The van der Waals surface area contributed by atoms with E-state index in [9.17, 15) is 0 Å². The van der Waals surface area contributed by atoms with E-state index < -0.39 is 0 Å². The molecule has 0 saturated heterocycles. The monoisotopic (exact) mass is 359 g/mol. The third kappa shape index (κ3) is 2.74. The van der Waals surface area contributed by atoms with E-state index in [0.29, 0.717) is 6.04 Å². The van der Waals surface area contributed by atoms with E-state index in [0.717, 1.165) is 12.8 Å². The molecule has 1 unspecified atom stereocenters. The van der Waals surface area contributed by atoms with Crippen LogP contribution in [0.5, 0.6) is 0 Å². The Balaban J connectivity index is 1.85. The highest BCUT2D eigenvalue weighted by atomic mass is 15.2. The molecule has 0 aliphatic carbocycles.